The summed E-state index contributed by atoms with van der Waals surface area (Å²) in [4.78, 5) is 8.47. The molecule has 0 aliphatic rings. The normalized spacial score (nSPS) is 9.60. The van der Waals surface area contributed by atoms with Crippen molar-refractivity contribution in [1.82, 2.24) is 14.7 Å². The van der Waals surface area contributed by atoms with Crippen molar-refractivity contribution in [3.63, 3.8) is 0 Å². The van der Waals surface area contributed by atoms with Gasteiger partial charge in [-0.15, -0.1) is 0 Å². The predicted octanol–water partition coefficient (Wildman–Crippen LogP) is 3.15. The number of rotatable bonds is 4. The molecule has 0 fully saturated rings. The predicted molar refractivity (Wildman–Crippen MR) is 80.0 cm³/mol. The number of thiocarbonyl (C=S) groups is 2. The van der Waals surface area contributed by atoms with Crippen molar-refractivity contribution in [3.05, 3.63) is 48.8 Å². The summed E-state index contributed by atoms with van der Waals surface area (Å²) in [6.45, 7) is 0. The number of nitrogens with zero attached hydrogens (tertiary/aromatic N) is 5. The Hall–Kier alpha value is -1.63. The van der Waals surface area contributed by atoms with Crippen LogP contribution in [0.15, 0.2) is 59.0 Å². The molecule has 5 nitrogen and oxygen atoms in total. The van der Waals surface area contributed by atoms with Gasteiger partial charge in [-0.25, -0.2) is 9.97 Å². The molecule has 0 atom stereocenters. The van der Waals surface area contributed by atoms with Crippen molar-refractivity contribution in [3.8, 4) is 0 Å². The fourth-order valence-electron chi connectivity index (χ4n) is 1.54. The van der Waals surface area contributed by atoms with Gasteiger partial charge < -0.3 is 0 Å². The smallest absolute Gasteiger partial charge is 0.200 e. The Morgan fingerprint density at radius 1 is 0.850 bits per heavy atom. The third-order valence-electron chi connectivity index (χ3n) is 2.31. The number of quaternary nitrogens is 1. The first-order chi connectivity index (χ1) is 9.33. The molecule has 0 spiro atoms. The molecule has 0 unspecified atom stereocenters. The molecule has 20 heavy (non-hydrogen) atoms. The summed E-state index contributed by atoms with van der Waals surface area (Å²) in [7, 11) is 0. The molecule has 0 amide bonds. The molecule has 2 rings (SSSR count). The Morgan fingerprint density at radius 2 is 1.30 bits per heavy atom. The molecule has 8 heteroatoms. The summed E-state index contributed by atoms with van der Waals surface area (Å²) in [6, 6.07) is 10.7. The van der Waals surface area contributed by atoms with E-state index in [1.165, 1.54) is 0 Å². The van der Waals surface area contributed by atoms with Gasteiger partial charge in [-0.2, -0.15) is 0 Å². The van der Waals surface area contributed by atoms with Crippen LogP contribution < -0.4 is 4.70 Å². The van der Waals surface area contributed by atoms with E-state index in [0.29, 0.717) is 11.6 Å². The Balaban J connectivity index is 0.00000200. The van der Waals surface area contributed by atoms with E-state index in [1.54, 1.807) is 36.7 Å². The third kappa shape index (κ3) is 3.27. The summed E-state index contributed by atoms with van der Waals surface area (Å²) in [6.07, 6.45) is 3.26. The molecule has 101 valence electrons. The van der Waals surface area contributed by atoms with Gasteiger partial charge in [-0.3, -0.25) is 0 Å². The number of hydrogen-bond acceptors (Lipinski definition) is 6. The zero-order chi connectivity index (χ0) is 13.6. The summed E-state index contributed by atoms with van der Waals surface area (Å²) in [5.74, 6) is 0.992. The minimum atomic E-state index is -0.436. The standard InChI is InChI=1S/C12H8N5S2.Co/c18-9-15-17(16-10-19,11-5-1-3-7-13-11)12-6-2-4-8-14-12;/h1-8H;/q+1;. The third-order valence-corrected chi connectivity index (χ3v) is 2.47. The molecule has 0 aliphatic carbocycles. The van der Waals surface area contributed by atoms with Crippen molar-refractivity contribution in [2.75, 3.05) is 0 Å². The monoisotopic (exact) mass is 345 g/mol. The van der Waals surface area contributed by atoms with Gasteiger partial charge in [0.25, 0.3) is 11.6 Å². The Labute approximate surface area is 136 Å². The van der Waals surface area contributed by atoms with Gasteiger partial charge in [0.2, 0.25) is 0 Å². The van der Waals surface area contributed by atoms with Crippen molar-refractivity contribution >= 4 is 46.4 Å². The number of isothiocyanates is 2. The average molecular weight is 345 g/mol. The molecule has 0 saturated carbocycles. The summed E-state index contributed by atoms with van der Waals surface area (Å²) >= 11 is 9.41. The van der Waals surface area contributed by atoms with E-state index in [-0.39, 0.29) is 16.8 Å². The van der Waals surface area contributed by atoms with E-state index >= 15 is 0 Å². The minimum absolute atomic E-state index is 0. The van der Waals surface area contributed by atoms with Crippen LogP contribution in [0, 0.1) is 0 Å². The van der Waals surface area contributed by atoms with Gasteiger partial charge in [0, 0.05) is 56.2 Å². The van der Waals surface area contributed by atoms with Gasteiger partial charge in [0.15, 0.2) is 0 Å². The van der Waals surface area contributed by atoms with Crippen LogP contribution in [0.1, 0.15) is 0 Å². The van der Waals surface area contributed by atoms with Crippen LogP contribution in [-0.4, -0.2) is 20.3 Å². The topological polar surface area (TPSA) is 50.5 Å². The van der Waals surface area contributed by atoms with Crippen LogP contribution in [0.25, 0.3) is 0 Å². The van der Waals surface area contributed by atoms with Gasteiger partial charge in [-0.1, -0.05) is 12.1 Å². The molecule has 0 aliphatic heterocycles. The zero-order valence-electron chi connectivity index (χ0n) is 10.0. The molecular formula is C12H8CoN5S2+. The SMILES string of the molecule is S=C=N[N+](N=C=S)(c1ccccn1)c1ccccn1.[Co]. The second-order valence-corrected chi connectivity index (χ2v) is 3.72. The van der Waals surface area contributed by atoms with E-state index in [9.17, 15) is 0 Å². The van der Waals surface area contributed by atoms with E-state index in [0.717, 1.165) is 0 Å². The van der Waals surface area contributed by atoms with Crippen molar-refractivity contribution in [1.29, 1.82) is 0 Å². The molecule has 0 saturated heterocycles. The Kier molecular flexibility index (Phi) is 6.43. The maximum atomic E-state index is 4.70. The van der Waals surface area contributed by atoms with Crippen LogP contribution in [-0.2, 0) is 16.8 Å². The second kappa shape index (κ2) is 7.83. The van der Waals surface area contributed by atoms with Gasteiger partial charge in [0.1, 0.15) is 10.3 Å². The van der Waals surface area contributed by atoms with Crippen LogP contribution >= 0.6 is 24.4 Å². The quantitative estimate of drug-likeness (QED) is 0.370. The maximum absolute atomic E-state index is 4.70. The number of hydrogen-bond donors (Lipinski definition) is 0. The Morgan fingerprint density at radius 3 is 1.60 bits per heavy atom. The fourth-order valence-corrected chi connectivity index (χ4v) is 1.78. The van der Waals surface area contributed by atoms with Gasteiger partial charge >= 0.3 is 0 Å². The molecule has 0 N–H and O–H groups in total. The minimum Gasteiger partial charge on any atom is -0.200 e. The summed E-state index contributed by atoms with van der Waals surface area (Å²) in [5.41, 5.74) is 0. The summed E-state index contributed by atoms with van der Waals surface area (Å²) in [5, 5.41) is 12.8. The van der Waals surface area contributed by atoms with Crippen LogP contribution in [0.2, 0.25) is 0 Å². The molecule has 1 radical (unpaired) electrons. The number of aromatic nitrogens is 2. The van der Waals surface area contributed by atoms with E-state index in [1.807, 2.05) is 12.1 Å². The molecule has 0 aromatic carbocycles. The molecule has 0 bridgehead atoms. The van der Waals surface area contributed by atoms with Crippen molar-refractivity contribution in [2.24, 2.45) is 10.2 Å². The Bertz CT molecular complexity index is 593. The number of pyridine rings is 2. The van der Waals surface area contributed by atoms with Crippen molar-refractivity contribution in [2.45, 2.75) is 0 Å². The average Bonchev–Trinajstić information content (AvgIpc) is 2.49. The zero-order valence-corrected chi connectivity index (χ0v) is 12.7. The van der Waals surface area contributed by atoms with E-state index in [4.69, 9.17) is 24.4 Å². The first-order valence-corrected chi connectivity index (χ1v) is 6.06. The summed E-state index contributed by atoms with van der Waals surface area (Å²) < 4.78 is -0.436. The molecule has 2 aromatic heterocycles. The van der Waals surface area contributed by atoms with Gasteiger partial charge in [0.05, 0.1) is 0 Å². The second-order valence-electron chi connectivity index (χ2n) is 3.36. The van der Waals surface area contributed by atoms with E-state index in [2.05, 4.69) is 30.5 Å². The molecule has 2 heterocycles. The molecule has 2 aromatic rings. The van der Waals surface area contributed by atoms with Crippen molar-refractivity contribution < 1.29 is 16.8 Å². The largest absolute Gasteiger partial charge is 0.290 e. The van der Waals surface area contributed by atoms with Crippen LogP contribution in [0.3, 0.4) is 0 Å². The van der Waals surface area contributed by atoms with Crippen LogP contribution in [0.4, 0.5) is 11.6 Å². The first-order valence-electron chi connectivity index (χ1n) is 5.24. The van der Waals surface area contributed by atoms with Crippen LogP contribution in [0.5, 0.6) is 0 Å². The first kappa shape index (κ1) is 16.4. The maximum Gasteiger partial charge on any atom is 0.290 e. The molecular weight excluding hydrogens is 337 g/mol. The van der Waals surface area contributed by atoms with Gasteiger partial charge in [-0.05, 0) is 36.6 Å². The fraction of sp³-hybridized carbons (Fsp3) is 0. The van der Waals surface area contributed by atoms with E-state index < -0.39 is 4.70 Å².